The van der Waals surface area contributed by atoms with E-state index in [2.05, 4.69) is 10.5 Å². The van der Waals surface area contributed by atoms with E-state index in [1.807, 2.05) is 0 Å². The van der Waals surface area contributed by atoms with Crippen LogP contribution >= 0.6 is 0 Å². The molecule has 0 bridgehead atoms. The predicted molar refractivity (Wildman–Crippen MR) is 76.2 cm³/mol. The number of carbonyl (C=O) groups is 1. The summed E-state index contributed by atoms with van der Waals surface area (Å²) in [6, 6.07) is 13.4. The van der Waals surface area contributed by atoms with E-state index >= 15 is 0 Å². The van der Waals surface area contributed by atoms with Gasteiger partial charge < -0.3 is 9.84 Å². The van der Waals surface area contributed by atoms with Gasteiger partial charge in [-0.15, -0.1) is 0 Å². The molecule has 1 radical (unpaired) electrons. The van der Waals surface area contributed by atoms with Gasteiger partial charge in [-0.05, 0) is 36.4 Å². The van der Waals surface area contributed by atoms with Gasteiger partial charge in [0.05, 0.1) is 13.3 Å². The summed E-state index contributed by atoms with van der Waals surface area (Å²) < 4.78 is 5.01. The second-order valence-corrected chi connectivity index (χ2v) is 3.99. The number of phenolic OH excluding ortho intramolecular Hbond substituents is 1. The summed E-state index contributed by atoms with van der Waals surface area (Å²) in [6.07, 6.45) is 1.39. The van der Waals surface area contributed by atoms with Gasteiger partial charge in [0.15, 0.2) is 0 Å². The van der Waals surface area contributed by atoms with E-state index in [0.717, 1.165) is 0 Å². The third-order valence-corrected chi connectivity index (χ3v) is 2.66. The Kier molecular flexibility index (Phi) is 7.33. The summed E-state index contributed by atoms with van der Waals surface area (Å²) in [7, 11) is 1.56. The standard InChI is InChI=1S/C15H14N2O3.Pr/c1-20-13-8-6-11(7-9-13)15(19)17-16-10-12-4-2-3-5-14(12)18;/h2-10,18H,1H3,(H,17,19);. The molecule has 6 heteroatoms. The molecular formula is C15H14N2O3Pr. The van der Waals surface area contributed by atoms with Gasteiger partial charge >= 0.3 is 0 Å². The van der Waals surface area contributed by atoms with Crippen LogP contribution in [0, 0.1) is 41.3 Å². The Morgan fingerprint density at radius 3 is 2.48 bits per heavy atom. The number of aromatic hydroxyl groups is 1. The van der Waals surface area contributed by atoms with Crippen molar-refractivity contribution in [3.05, 3.63) is 59.7 Å². The molecule has 1 amide bonds. The Bertz CT molecular complexity index is 627. The molecule has 0 saturated heterocycles. The number of ether oxygens (including phenoxy) is 1. The van der Waals surface area contributed by atoms with E-state index in [0.29, 0.717) is 16.9 Å². The van der Waals surface area contributed by atoms with Crippen LogP contribution in [0.25, 0.3) is 0 Å². The molecule has 0 aliphatic heterocycles. The molecule has 0 aromatic heterocycles. The molecule has 0 aliphatic rings. The minimum Gasteiger partial charge on any atom is -0.507 e. The van der Waals surface area contributed by atoms with Crippen LogP contribution in [0.2, 0.25) is 0 Å². The minimum absolute atomic E-state index is 0. The second-order valence-electron chi connectivity index (χ2n) is 3.99. The van der Waals surface area contributed by atoms with Crippen molar-refractivity contribution in [2.45, 2.75) is 0 Å². The summed E-state index contributed by atoms with van der Waals surface area (Å²) in [5.41, 5.74) is 3.39. The van der Waals surface area contributed by atoms with Gasteiger partial charge in [0, 0.05) is 52.4 Å². The van der Waals surface area contributed by atoms with Crippen molar-refractivity contribution in [3.63, 3.8) is 0 Å². The number of nitrogens with one attached hydrogen (secondary N) is 1. The second kappa shape index (κ2) is 8.75. The van der Waals surface area contributed by atoms with Crippen LogP contribution in [-0.4, -0.2) is 24.3 Å². The quantitative estimate of drug-likeness (QED) is 0.599. The van der Waals surface area contributed by atoms with E-state index in [1.54, 1.807) is 55.6 Å². The normalized spacial score (nSPS) is 9.95. The van der Waals surface area contributed by atoms with E-state index in [9.17, 15) is 9.90 Å². The molecule has 105 valence electrons. The van der Waals surface area contributed by atoms with Gasteiger partial charge in [-0.2, -0.15) is 5.10 Å². The fourth-order valence-electron chi connectivity index (χ4n) is 1.56. The zero-order chi connectivity index (χ0) is 14.4. The summed E-state index contributed by atoms with van der Waals surface area (Å²) in [5.74, 6) is 0.452. The van der Waals surface area contributed by atoms with Crippen LogP contribution in [0.15, 0.2) is 53.6 Å². The Hall–Kier alpha value is -1.46. The number of phenols is 1. The van der Waals surface area contributed by atoms with Gasteiger partial charge in [-0.3, -0.25) is 4.79 Å². The van der Waals surface area contributed by atoms with Crippen LogP contribution in [0.5, 0.6) is 11.5 Å². The first-order valence-electron chi connectivity index (χ1n) is 5.96. The van der Waals surface area contributed by atoms with Gasteiger partial charge in [0.1, 0.15) is 11.5 Å². The number of para-hydroxylation sites is 1. The Labute approximate surface area is 156 Å². The molecule has 0 aliphatic carbocycles. The zero-order valence-corrected chi connectivity index (χ0v) is 15.2. The Morgan fingerprint density at radius 2 is 1.86 bits per heavy atom. The maximum atomic E-state index is 11.8. The average Bonchev–Trinajstić information content (AvgIpc) is 2.49. The van der Waals surface area contributed by atoms with Crippen LogP contribution in [0.1, 0.15) is 15.9 Å². The molecule has 0 saturated carbocycles. The maximum Gasteiger partial charge on any atom is 0.271 e. The third-order valence-electron chi connectivity index (χ3n) is 2.66. The summed E-state index contributed by atoms with van der Waals surface area (Å²) >= 11 is 0. The van der Waals surface area contributed by atoms with Crippen molar-refractivity contribution in [2.24, 2.45) is 5.10 Å². The largest absolute Gasteiger partial charge is 0.507 e. The third kappa shape index (κ3) is 5.10. The monoisotopic (exact) mass is 411 g/mol. The number of methoxy groups -OCH3 is 1. The zero-order valence-electron chi connectivity index (χ0n) is 11.5. The number of hydrogen-bond donors (Lipinski definition) is 2. The van der Waals surface area contributed by atoms with E-state index < -0.39 is 0 Å². The van der Waals surface area contributed by atoms with Crippen molar-refractivity contribution in [1.82, 2.24) is 5.43 Å². The summed E-state index contributed by atoms with van der Waals surface area (Å²) in [5, 5.41) is 13.3. The molecule has 0 atom stereocenters. The molecule has 2 N–H and O–H groups in total. The number of benzene rings is 2. The van der Waals surface area contributed by atoms with Gasteiger partial charge in [0.2, 0.25) is 0 Å². The number of hydrogen-bond acceptors (Lipinski definition) is 4. The van der Waals surface area contributed by atoms with Crippen LogP contribution in [0.4, 0.5) is 0 Å². The maximum absolute atomic E-state index is 11.8. The number of amides is 1. The fraction of sp³-hybridized carbons (Fsp3) is 0.0667. The Morgan fingerprint density at radius 1 is 1.19 bits per heavy atom. The van der Waals surface area contributed by atoms with Crippen molar-refractivity contribution >= 4 is 12.1 Å². The van der Waals surface area contributed by atoms with Gasteiger partial charge in [-0.1, -0.05) is 12.1 Å². The molecule has 0 fully saturated rings. The SMILES string of the molecule is COc1ccc(C(=O)NN=Cc2ccccc2O)cc1.[Pr]. The molecule has 0 heterocycles. The number of nitrogens with zero attached hydrogens (tertiary/aromatic N) is 1. The van der Waals surface area contributed by atoms with Crippen LogP contribution < -0.4 is 10.2 Å². The van der Waals surface area contributed by atoms with Gasteiger partial charge in [0.25, 0.3) is 5.91 Å². The van der Waals surface area contributed by atoms with E-state index in [-0.39, 0.29) is 52.9 Å². The molecule has 0 spiro atoms. The molecule has 5 nitrogen and oxygen atoms in total. The minimum atomic E-state index is -0.334. The Balaban J connectivity index is 0.00000220. The molecule has 2 aromatic carbocycles. The van der Waals surface area contributed by atoms with Crippen molar-refractivity contribution in [3.8, 4) is 11.5 Å². The summed E-state index contributed by atoms with van der Waals surface area (Å²) in [4.78, 5) is 11.8. The first-order chi connectivity index (χ1) is 9.70. The summed E-state index contributed by atoms with van der Waals surface area (Å²) in [6.45, 7) is 0. The fourth-order valence-corrected chi connectivity index (χ4v) is 1.56. The number of hydrazone groups is 1. The predicted octanol–water partition coefficient (Wildman–Crippen LogP) is 2.16. The average molecular weight is 411 g/mol. The van der Waals surface area contributed by atoms with Gasteiger partial charge in [-0.25, -0.2) is 5.43 Å². The van der Waals surface area contributed by atoms with Crippen LogP contribution in [-0.2, 0) is 0 Å². The van der Waals surface area contributed by atoms with E-state index in [4.69, 9.17) is 4.74 Å². The van der Waals surface area contributed by atoms with Crippen LogP contribution in [0.3, 0.4) is 0 Å². The first kappa shape index (κ1) is 17.6. The molecule has 21 heavy (non-hydrogen) atoms. The van der Waals surface area contributed by atoms with Crippen molar-refractivity contribution < 1.29 is 55.9 Å². The topological polar surface area (TPSA) is 70.9 Å². The van der Waals surface area contributed by atoms with E-state index in [1.165, 1.54) is 6.21 Å². The molecule has 0 unspecified atom stereocenters. The number of carbonyl (C=O) groups excluding carboxylic acids is 1. The van der Waals surface area contributed by atoms with Crippen molar-refractivity contribution in [2.75, 3.05) is 7.11 Å². The smallest absolute Gasteiger partial charge is 0.271 e. The number of rotatable bonds is 4. The molecular weight excluding hydrogens is 397 g/mol. The molecule has 2 rings (SSSR count). The first-order valence-corrected chi connectivity index (χ1v) is 5.96. The molecule has 2 aromatic rings. The van der Waals surface area contributed by atoms with Crippen molar-refractivity contribution in [1.29, 1.82) is 0 Å².